The molecule has 11 atom stereocenters. The zero-order chi connectivity index (χ0) is 26.9. The molecular formula is C35H52O3. The van der Waals surface area contributed by atoms with Crippen LogP contribution in [-0.2, 0) is 9.47 Å². The summed E-state index contributed by atoms with van der Waals surface area (Å²) >= 11 is 0. The fourth-order valence-electron chi connectivity index (χ4n) is 11.0. The maximum Gasteiger partial charge on any atom is 0.338 e. The van der Waals surface area contributed by atoms with Crippen molar-refractivity contribution >= 4 is 5.97 Å². The van der Waals surface area contributed by atoms with Crippen LogP contribution in [0.2, 0.25) is 0 Å². The van der Waals surface area contributed by atoms with Crippen LogP contribution in [0.3, 0.4) is 0 Å². The van der Waals surface area contributed by atoms with Gasteiger partial charge in [0.15, 0.2) is 0 Å². The second-order valence-corrected chi connectivity index (χ2v) is 15.2. The molecule has 3 nitrogen and oxygen atoms in total. The van der Waals surface area contributed by atoms with Crippen molar-refractivity contribution in [1.29, 1.82) is 0 Å². The third kappa shape index (κ3) is 4.03. The van der Waals surface area contributed by atoms with Crippen LogP contribution in [0, 0.1) is 52.3 Å². The molecule has 0 N–H and O–H groups in total. The Morgan fingerprint density at radius 1 is 1.00 bits per heavy atom. The molecule has 3 heteroatoms. The second kappa shape index (κ2) is 9.64. The number of benzene rings is 1. The molecule has 6 rings (SSSR count). The molecule has 0 bridgehead atoms. The highest BCUT2D eigenvalue weighted by Gasteiger charge is 2.78. The largest absolute Gasteiger partial charge is 0.459 e. The summed E-state index contributed by atoms with van der Waals surface area (Å²) < 4.78 is 12.9. The van der Waals surface area contributed by atoms with Gasteiger partial charge in [0, 0.05) is 11.8 Å². The standard InChI is InChI=1S/C35H52O3/c1-22(2)11-10-12-23(3)27-15-16-28-30-24(4)31-35(38-31)21-26(37-32(36)25-13-8-7-9-14-25)17-20-34(35,6)29(30)18-19-33(27,28)5/h7-9,13-14,22-24,26-31H,10-12,15-21H2,1-6H3/t23-,24-,26+,27-,28+,29-,30-,31-,33+,34+,35-/m0/s1. The van der Waals surface area contributed by atoms with Gasteiger partial charge in [0.1, 0.15) is 11.7 Å². The Kier molecular flexibility index (Phi) is 6.81. The monoisotopic (exact) mass is 520 g/mol. The molecule has 1 heterocycles. The fourth-order valence-corrected chi connectivity index (χ4v) is 11.0. The van der Waals surface area contributed by atoms with E-state index < -0.39 is 0 Å². The Labute approximate surface area is 231 Å². The number of carbonyl (C=O) groups is 1. The molecular weight excluding hydrogens is 468 g/mol. The van der Waals surface area contributed by atoms with Gasteiger partial charge in [0.05, 0.1) is 11.7 Å². The topological polar surface area (TPSA) is 38.8 Å². The van der Waals surface area contributed by atoms with Crippen molar-refractivity contribution in [3.8, 4) is 0 Å². The van der Waals surface area contributed by atoms with Crippen molar-refractivity contribution in [1.82, 2.24) is 0 Å². The quantitative estimate of drug-likeness (QED) is 0.266. The minimum Gasteiger partial charge on any atom is -0.459 e. The summed E-state index contributed by atoms with van der Waals surface area (Å²) in [5.74, 6) is 5.37. The molecule has 1 saturated heterocycles. The molecule has 5 fully saturated rings. The lowest BCUT2D eigenvalue weighted by molar-refractivity contribution is -0.132. The van der Waals surface area contributed by atoms with Gasteiger partial charge in [-0.05, 0) is 97.5 Å². The normalized spacial score (nSPS) is 45.9. The van der Waals surface area contributed by atoms with Crippen LogP contribution in [0.5, 0.6) is 0 Å². The summed E-state index contributed by atoms with van der Waals surface area (Å²) in [6.45, 7) is 15.1. The van der Waals surface area contributed by atoms with Crippen LogP contribution < -0.4 is 0 Å². The maximum atomic E-state index is 12.8. The molecule has 0 aromatic heterocycles. The molecule has 210 valence electrons. The Bertz CT molecular complexity index is 1020. The van der Waals surface area contributed by atoms with E-state index in [0.29, 0.717) is 23.0 Å². The highest BCUT2D eigenvalue weighted by molar-refractivity contribution is 5.89. The summed E-state index contributed by atoms with van der Waals surface area (Å²) in [4.78, 5) is 12.8. The Hall–Kier alpha value is -1.35. The van der Waals surface area contributed by atoms with E-state index in [1.54, 1.807) is 0 Å². The number of fused-ring (bicyclic) bond motifs is 4. The Morgan fingerprint density at radius 3 is 2.50 bits per heavy atom. The molecule has 0 unspecified atom stereocenters. The van der Waals surface area contributed by atoms with Gasteiger partial charge < -0.3 is 9.47 Å². The first-order valence-corrected chi connectivity index (χ1v) is 16.0. The fraction of sp³-hybridized carbons (Fsp3) is 0.800. The van der Waals surface area contributed by atoms with Crippen molar-refractivity contribution in [2.45, 2.75) is 124 Å². The van der Waals surface area contributed by atoms with Crippen molar-refractivity contribution < 1.29 is 14.3 Å². The van der Waals surface area contributed by atoms with Crippen LogP contribution in [0.1, 0.15) is 116 Å². The average molecular weight is 521 g/mol. The molecule has 1 aromatic rings. The second-order valence-electron chi connectivity index (χ2n) is 15.2. The molecule has 38 heavy (non-hydrogen) atoms. The van der Waals surface area contributed by atoms with Crippen molar-refractivity contribution in [3.63, 3.8) is 0 Å². The van der Waals surface area contributed by atoms with E-state index in [1.165, 1.54) is 44.9 Å². The Morgan fingerprint density at radius 2 is 1.76 bits per heavy atom. The van der Waals surface area contributed by atoms with E-state index in [2.05, 4.69) is 41.5 Å². The maximum absolute atomic E-state index is 12.8. The van der Waals surface area contributed by atoms with Crippen LogP contribution in [0.4, 0.5) is 0 Å². The predicted octanol–water partition coefficient (Wildman–Crippen LogP) is 8.71. The van der Waals surface area contributed by atoms with E-state index >= 15 is 0 Å². The third-order valence-corrected chi connectivity index (χ3v) is 12.9. The third-order valence-electron chi connectivity index (χ3n) is 12.9. The van der Waals surface area contributed by atoms with Crippen molar-refractivity contribution in [2.24, 2.45) is 52.3 Å². The van der Waals surface area contributed by atoms with Gasteiger partial charge in [0.2, 0.25) is 0 Å². The van der Waals surface area contributed by atoms with E-state index in [1.807, 2.05) is 30.3 Å². The number of epoxide rings is 1. The highest BCUT2D eigenvalue weighted by Crippen LogP contribution is 2.75. The molecule has 5 aliphatic rings. The van der Waals surface area contributed by atoms with E-state index in [4.69, 9.17) is 9.47 Å². The molecule has 0 amide bonds. The number of hydrogen-bond acceptors (Lipinski definition) is 3. The minimum atomic E-state index is -0.178. The molecule has 4 aliphatic carbocycles. The zero-order valence-electron chi connectivity index (χ0n) is 24.9. The number of hydrogen-bond donors (Lipinski definition) is 0. The highest BCUT2D eigenvalue weighted by atomic mass is 16.6. The van der Waals surface area contributed by atoms with Gasteiger partial charge in [-0.15, -0.1) is 0 Å². The average Bonchev–Trinajstić information content (AvgIpc) is 3.51. The molecule has 4 saturated carbocycles. The summed E-state index contributed by atoms with van der Waals surface area (Å²) in [7, 11) is 0. The Balaban J connectivity index is 1.17. The van der Waals surface area contributed by atoms with Crippen LogP contribution in [-0.4, -0.2) is 23.8 Å². The molecule has 1 spiro atoms. The molecule has 1 aromatic carbocycles. The first kappa shape index (κ1) is 26.9. The number of rotatable bonds is 7. The van der Waals surface area contributed by atoms with E-state index in [-0.39, 0.29) is 23.1 Å². The van der Waals surface area contributed by atoms with Gasteiger partial charge in [-0.2, -0.15) is 0 Å². The number of carbonyl (C=O) groups excluding carboxylic acids is 1. The predicted molar refractivity (Wildman–Crippen MR) is 153 cm³/mol. The van der Waals surface area contributed by atoms with Crippen LogP contribution in [0.15, 0.2) is 30.3 Å². The van der Waals surface area contributed by atoms with Gasteiger partial charge in [0.25, 0.3) is 0 Å². The van der Waals surface area contributed by atoms with Gasteiger partial charge in [-0.3, -0.25) is 0 Å². The van der Waals surface area contributed by atoms with Gasteiger partial charge in [-0.1, -0.05) is 79.0 Å². The van der Waals surface area contributed by atoms with E-state index in [9.17, 15) is 4.79 Å². The first-order chi connectivity index (χ1) is 18.1. The van der Waals surface area contributed by atoms with Gasteiger partial charge in [-0.25, -0.2) is 4.79 Å². The smallest absolute Gasteiger partial charge is 0.338 e. The summed E-state index contributed by atoms with van der Waals surface area (Å²) in [5, 5.41) is 0. The lowest BCUT2D eigenvalue weighted by Gasteiger charge is -2.61. The SMILES string of the molecule is CC(C)CCC[C@H](C)[C@@H]1CC[C@@H]2[C@@H]3[C@H](C)[C@@H]4O[C@@]45C[C@H](OC(=O)c4ccccc4)CC[C@]5(C)[C@H]3CC[C@@]21C. The molecule has 1 aliphatic heterocycles. The van der Waals surface area contributed by atoms with E-state index in [0.717, 1.165) is 54.8 Å². The van der Waals surface area contributed by atoms with Crippen molar-refractivity contribution in [2.75, 3.05) is 0 Å². The van der Waals surface area contributed by atoms with Crippen molar-refractivity contribution in [3.05, 3.63) is 35.9 Å². The summed E-state index contributed by atoms with van der Waals surface area (Å²) in [6, 6.07) is 9.48. The summed E-state index contributed by atoms with van der Waals surface area (Å²) in [5.41, 5.74) is 1.29. The number of esters is 1. The lowest BCUT2D eigenvalue weighted by atomic mass is 9.42. The zero-order valence-corrected chi connectivity index (χ0v) is 24.9. The summed E-state index contributed by atoms with van der Waals surface area (Å²) in [6.07, 6.45) is 13.1. The molecule has 0 radical (unpaired) electrons. The first-order valence-electron chi connectivity index (χ1n) is 16.0. The van der Waals surface area contributed by atoms with Crippen LogP contribution >= 0.6 is 0 Å². The van der Waals surface area contributed by atoms with Crippen LogP contribution in [0.25, 0.3) is 0 Å². The lowest BCUT2D eigenvalue weighted by Crippen LogP contribution is -2.61. The number of ether oxygens (including phenoxy) is 2. The van der Waals surface area contributed by atoms with Gasteiger partial charge >= 0.3 is 5.97 Å². The minimum absolute atomic E-state index is 0.0269.